The van der Waals surface area contributed by atoms with Crippen molar-refractivity contribution in [2.45, 2.75) is 25.2 Å². The number of benzene rings is 1. The average Bonchev–Trinajstić information content (AvgIpc) is 3.37. The Kier molecular flexibility index (Phi) is 6.30. The summed E-state index contributed by atoms with van der Waals surface area (Å²) in [6.45, 7) is 1.48. The highest BCUT2D eigenvalue weighted by molar-refractivity contribution is 7.19. The predicted octanol–water partition coefficient (Wildman–Crippen LogP) is 2.49. The number of rotatable bonds is 7. The third-order valence-electron chi connectivity index (χ3n) is 4.48. The van der Waals surface area contributed by atoms with Gasteiger partial charge in [0.05, 0.1) is 12.6 Å². The van der Waals surface area contributed by atoms with E-state index in [1.807, 2.05) is 0 Å². The molecule has 2 aromatic heterocycles. The predicted molar refractivity (Wildman–Crippen MR) is 109 cm³/mol. The highest BCUT2D eigenvalue weighted by atomic mass is 32.1. The van der Waals surface area contributed by atoms with Crippen molar-refractivity contribution < 1.29 is 22.7 Å². The van der Waals surface area contributed by atoms with Gasteiger partial charge in [0.15, 0.2) is 5.82 Å². The van der Waals surface area contributed by atoms with E-state index in [2.05, 4.69) is 45.6 Å². The molecule has 1 atom stereocenters. The van der Waals surface area contributed by atoms with Crippen molar-refractivity contribution in [1.29, 1.82) is 0 Å². The molecule has 1 unspecified atom stereocenters. The zero-order valence-electron chi connectivity index (χ0n) is 16.4. The summed E-state index contributed by atoms with van der Waals surface area (Å²) >= 11 is 1.17. The average molecular weight is 466 g/mol. The number of hydrogen-bond donors (Lipinski definition) is 2. The topological polar surface area (TPSA) is 118 Å². The van der Waals surface area contributed by atoms with Crippen molar-refractivity contribution in [3.05, 3.63) is 42.4 Å². The van der Waals surface area contributed by atoms with Gasteiger partial charge in [-0.05, 0) is 24.1 Å². The van der Waals surface area contributed by atoms with Gasteiger partial charge < -0.3 is 20.3 Å². The molecule has 3 aromatic rings. The fraction of sp³-hybridized carbons (Fsp3) is 0.333. The minimum Gasteiger partial charge on any atom is -0.406 e. The number of amides is 1. The molecule has 0 saturated carbocycles. The maximum atomic E-state index is 12.3. The van der Waals surface area contributed by atoms with Gasteiger partial charge in [-0.15, -0.1) is 33.6 Å². The zero-order chi connectivity index (χ0) is 22.6. The molecule has 10 nitrogen and oxygen atoms in total. The van der Waals surface area contributed by atoms with Crippen LogP contribution in [0.1, 0.15) is 12.0 Å². The van der Waals surface area contributed by atoms with Crippen LogP contribution in [0.15, 0.2) is 36.8 Å². The summed E-state index contributed by atoms with van der Waals surface area (Å²) in [4.78, 5) is 18.3. The van der Waals surface area contributed by atoms with Crippen LogP contribution in [0.5, 0.6) is 5.75 Å². The van der Waals surface area contributed by atoms with Gasteiger partial charge in [-0.3, -0.25) is 4.79 Å². The Hall–Kier alpha value is -3.55. The molecule has 32 heavy (non-hydrogen) atoms. The number of anilines is 3. The van der Waals surface area contributed by atoms with Gasteiger partial charge in [-0.25, -0.2) is 4.98 Å². The largest absolute Gasteiger partial charge is 0.573 e. The van der Waals surface area contributed by atoms with E-state index in [0.717, 1.165) is 13.0 Å². The first-order valence-electron chi connectivity index (χ1n) is 9.46. The van der Waals surface area contributed by atoms with E-state index >= 15 is 0 Å². The molecule has 1 aliphatic rings. The second-order valence-electron chi connectivity index (χ2n) is 6.88. The molecule has 1 fully saturated rings. The van der Waals surface area contributed by atoms with Crippen LogP contribution in [0.3, 0.4) is 0 Å². The maximum Gasteiger partial charge on any atom is 0.573 e. The van der Waals surface area contributed by atoms with E-state index in [4.69, 9.17) is 0 Å². The minimum absolute atomic E-state index is 0.116. The summed E-state index contributed by atoms with van der Waals surface area (Å²) in [7, 11) is 0. The van der Waals surface area contributed by atoms with Gasteiger partial charge in [-0.1, -0.05) is 23.5 Å². The van der Waals surface area contributed by atoms with Crippen LogP contribution < -0.4 is 20.3 Å². The molecule has 14 heteroatoms. The lowest BCUT2D eigenvalue weighted by molar-refractivity contribution is -0.274. The molecule has 1 amide bonds. The van der Waals surface area contributed by atoms with Gasteiger partial charge in [-0.2, -0.15) is 0 Å². The second-order valence-corrected chi connectivity index (χ2v) is 7.85. The first-order chi connectivity index (χ1) is 15.3. The molecule has 0 bridgehead atoms. The van der Waals surface area contributed by atoms with Crippen LogP contribution in [-0.2, 0) is 11.2 Å². The fourth-order valence-electron chi connectivity index (χ4n) is 3.18. The first-order valence-corrected chi connectivity index (χ1v) is 10.3. The van der Waals surface area contributed by atoms with Crippen molar-refractivity contribution >= 4 is 33.3 Å². The zero-order valence-corrected chi connectivity index (χ0v) is 17.2. The normalized spacial score (nSPS) is 16.1. The molecule has 1 saturated heterocycles. The highest BCUT2D eigenvalue weighted by Crippen LogP contribution is 2.26. The van der Waals surface area contributed by atoms with E-state index in [1.54, 1.807) is 6.20 Å². The highest BCUT2D eigenvalue weighted by Gasteiger charge is 2.31. The molecule has 0 radical (unpaired) electrons. The molecule has 1 aliphatic heterocycles. The van der Waals surface area contributed by atoms with Gasteiger partial charge in [0.1, 0.15) is 12.1 Å². The quantitative estimate of drug-likeness (QED) is 0.541. The third-order valence-corrected chi connectivity index (χ3v) is 5.25. The van der Waals surface area contributed by atoms with Crippen LogP contribution in [-0.4, -0.2) is 56.8 Å². The molecule has 0 spiro atoms. The Bertz CT molecular complexity index is 1070. The lowest BCUT2D eigenvalue weighted by Crippen LogP contribution is -2.26. The Labute approximate surface area is 183 Å². The van der Waals surface area contributed by atoms with Gasteiger partial charge in [0.25, 0.3) is 0 Å². The van der Waals surface area contributed by atoms with Crippen molar-refractivity contribution in [1.82, 2.24) is 25.4 Å². The number of carbonyl (C=O) groups excluding carboxylic acids is 1. The number of ether oxygens (including phenoxy) is 1. The van der Waals surface area contributed by atoms with E-state index in [-0.39, 0.29) is 23.3 Å². The third kappa shape index (κ3) is 6.00. The van der Waals surface area contributed by atoms with Crippen molar-refractivity contribution in [2.24, 2.45) is 0 Å². The summed E-state index contributed by atoms with van der Waals surface area (Å²) in [6, 6.07) is 5.37. The first kappa shape index (κ1) is 21.7. The van der Waals surface area contributed by atoms with Crippen LogP contribution in [0.2, 0.25) is 0 Å². The van der Waals surface area contributed by atoms with E-state index in [1.165, 1.54) is 41.9 Å². The van der Waals surface area contributed by atoms with E-state index in [0.29, 0.717) is 23.1 Å². The second kappa shape index (κ2) is 9.30. The molecular weight excluding hydrogens is 449 g/mol. The number of nitrogens with one attached hydrogen (secondary N) is 2. The van der Waals surface area contributed by atoms with Crippen LogP contribution in [0, 0.1) is 0 Å². The lowest BCUT2D eigenvalue weighted by atomic mass is 10.1. The number of aromatic nitrogens is 5. The monoisotopic (exact) mass is 466 g/mol. The maximum absolute atomic E-state index is 12.3. The SMILES string of the molecule is O=C(Cc1cccc(OC(F)(F)F)c1)Nc1nnc(NC2CCN(c3cncnn3)C2)s1. The molecule has 0 aliphatic carbocycles. The fourth-order valence-corrected chi connectivity index (χ4v) is 3.92. The molecule has 3 heterocycles. The summed E-state index contributed by atoms with van der Waals surface area (Å²) < 4.78 is 40.9. The van der Waals surface area contributed by atoms with Crippen LogP contribution >= 0.6 is 11.3 Å². The summed E-state index contributed by atoms with van der Waals surface area (Å²) in [5.74, 6) is -0.112. The Morgan fingerprint density at radius 1 is 1.25 bits per heavy atom. The lowest BCUT2D eigenvalue weighted by Gasteiger charge is -2.16. The van der Waals surface area contributed by atoms with Crippen molar-refractivity contribution in [3.8, 4) is 5.75 Å². The van der Waals surface area contributed by atoms with Gasteiger partial charge >= 0.3 is 6.36 Å². The summed E-state index contributed by atoms with van der Waals surface area (Å²) in [6.07, 6.45) is -1.05. The number of halogens is 3. The smallest absolute Gasteiger partial charge is 0.406 e. The number of nitrogens with zero attached hydrogens (tertiary/aromatic N) is 6. The van der Waals surface area contributed by atoms with Gasteiger partial charge in [0.2, 0.25) is 16.2 Å². The number of carbonyl (C=O) groups is 1. The standard InChI is InChI=1S/C18H17F3N8O2S/c19-18(20,21)31-13-3-1-2-11(6-13)7-15(30)25-17-28-27-16(32-17)24-12-4-5-29(9-12)14-8-22-10-23-26-14/h1-3,6,8,10,12H,4-5,7,9H2,(H,24,27)(H,25,28,30). The van der Waals surface area contributed by atoms with Crippen molar-refractivity contribution in [2.75, 3.05) is 28.6 Å². The molecule has 4 rings (SSSR count). The summed E-state index contributed by atoms with van der Waals surface area (Å²) in [5.41, 5.74) is 0.372. The Morgan fingerprint density at radius 2 is 2.09 bits per heavy atom. The molecule has 2 N–H and O–H groups in total. The van der Waals surface area contributed by atoms with E-state index < -0.39 is 12.3 Å². The van der Waals surface area contributed by atoms with Gasteiger partial charge in [0, 0.05) is 19.1 Å². The molecule has 1 aromatic carbocycles. The Morgan fingerprint density at radius 3 is 2.88 bits per heavy atom. The number of hydrogen-bond acceptors (Lipinski definition) is 10. The molecular formula is C18H17F3N8O2S. The van der Waals surface area contributed by atoms with Crippen LogP contribution in [0.25, 0.3) is 0 Å². The van der Waals surface area contributed by atoms with Crippen LogP contribution in [0.4, 0.5) is 29.3 Å². The Balaban J connectivity index is 1.28. The minimum atomic E-state index is -4.79. The molecule has 168 valence electrons. The summed E-state index contributed by atoms with van der Waals surface area (Å²) in [5, 5.41) is 22.5. The number of alkyl halides is 3. The van der Waals surface area contributed by atoms with E-state index in [9.17, 15) is 18.0 Å². The van der Waals surface area contributed by atoms with Crippen molar-refractivity contribution in [3.63, 3.8) is 0 Å².